The second-order valence-electron chi connectivity index (χ2n) is 10.4. The van der Waals surface area contributed by atoms with Crippen LogP contribution in [-0.4, -0.2) is 82.0 Å². The minimum atomic E-state index is -0.536. The van der Waals surface area contributed by atoms with Gasteiger partial charge in [-0.25, -0.2) is 19.7 Å². The van der Waals surface area contributed by atoms with Gasteiger partial charge in [0.05, 0.1) is 24.9 Å². The van der Waals surface area contributed by atoms with Gasteiger partial charge in [0.25, 0.3) is 0 Å². The van der Waals surface area contributed by atoms with E-state index in [0.717, 1.165) is 5.56 Å². The summed E-state index contributed by atoms with van der Waals surface area (Å²) in [5.41, 5.74) is 6.59. The highest BCUT2D eigenvalue weighted by molar-refractivity contribution is 5.69. The molecule has 2 aromatic heterocycles. The molecule has 2 aliphatic heterocycles. The summed E-state index contributed by atoms with van der Waals surface area (Å²) in [5, 5.41) is 3.60. The maximum absolute atomic E-state index is 12.8. The van der Waals surface area contributed by atoms with Crippen LogP contribution in [0.15, 0.2) is 18.5 Å². The maximum atomic E-state index is 12.8. The molecule has 0 aliphatic carbocycles. The number of rotatable bonds is 5. The largest absolute Gasteiger partial charge is 0.444 e. The first kappa shape index (κ1) is 24.9. The van der Waals surface area contributed by atoms with Gasteiger partial charge in [0.2, 0.25) is 11.9 Å². The minimum absolute atomic E-state index is 0.0190. The summed E-state index contributed by atoms with van der Waals surface area (Å²) < 4.78 is 11.1. The number of nitrogens with zero attached hydrogens (tertiary/aromatic N) is 6. The summed E-state index contributed by atoms with van der Waals surface area (Å²) in [5.74, 6) is 2.13. The molecule has 0 bridgehead atoms. The Bertz CT molecular complexity index is 1020. The number of nitrogen functional groups attached to an aromatic ring is 1. The second-order valence-corrected chi connectivity index (χ2v) is 10.4. The van der Waals surface area contributed by atoms with Crippen molar-refractivity contribution in [3.05, 3.63) is 18.5 Å². The first-order valence-electron chi connectivity index (χ1n) is 12.1. The van der Waals surface area contributed by atoms with Gasteiger partial charge < -0.3 is 30.3 Å². The van der Waals surface area contributed by atoms with Crippen molar-refractivity contribution in [1.29, 1.82) is 0 Å². The summed E-state index contributed by atoms with van der Waals surface area (Å²) in [6.45, 7) is 13.8. The Kier molecular flexibility index (Phi) is 7.25. The summed E-state index contributed by atoms with van der Waals surface area (Å²) in [6.07, 6.45) is 3.03. The topological polar surface area (TPSA) is 132 Å². The number of hydrogen-bond donors (Lipinski definition) is 2. The van der Waals surface area contributed by atoms with Crippen LogP contribution < -0.4 is 16.0 Å². The number of likely N-dealkylation sites (tertiary alicyclic amines) is 1. The Morgan fingerprint density at radius 3 is 2.49 bits per heavy atom. The van der Waals surface area contributed by atoms with Crippen molar-refractivity contribution in [3.63, 3.8) is 0 Å². The number of ether oxygens (including phenoxy) is 2. The Balaban J connectivity index is 1.61. The zero-order valence-electron chi connectivity index (χ0n) is 21.2. The van der Waals surface area contributed by atoms with E-state index >= 15 is 0 Å². The molecule has 35 heavy (non-hydrogen) atoms. The summed E-state index contributed by atoms with van der Waals surface area (Å²) >= 11 is 0. The summed E-state index contributed by atoms with van der Waals surface area (Å²) in [4.78, 5) is 34.5. The van der Waals surface area contributed by atoms with Crippen molar-refractivity contribution in [3.8, 4) is 11.3 Å². The molecule has 190 valence electrons. The third-order valence-electron chi connectivity index (χ3n) is 6.18. The first-order valence-corrected chi connectivity index (χ1v) is 12.1. The van der Waals surface area contributed by atoms with Gasteiger partial charge in [0, 0.05) is 56.1 Å². The molecule has 2 atom stereocenters. The van der Waals surface area contributed by atoms with Gasteiger partial charge in [-0.3, -0.25) is 0 Å². The lowest BCUT2D eigenvalue weighted by Gasteiger charge is -2.28. The van der Waals surface area contributed by atoms with Crippen molar-refractivity contribution in [2.75, 3.05) is 55.3 Å². The molecule has 2 fully saturated rings. The molecule has 11 heteroatoms. The van der Waals surface area contributed by atoms with Gasteiger partial charge in [-0.1, -0.05) is 13.8 Å². The van der Waals surface area contributed by atoms with Crippen LogP contribution in [0.3, 0.4) is 0 Å². The van der Waals surface area contributed by atoms with E-state index in [4.69, 9.17) is 25.2 Å². The summed E-state index contributed by atoms with van der Waals surface area (Å²) in [7, 11) is 0. The standard InChI is InChI=1S/C24H36N8O3/c1-15(2)17-13-32(23(33)35-24(3,4)5)14-19(17)28-20-10-18(16-11-26-21(25)27-12-16)29-22(30-20)31-6-8-34-9-7-31/h10-12,15,17,19H,6-9,13-14H2,1-5H3,(H2,25,26,27)(H,28,29,30)/t17?,19-/m1/s1. The highest BCUT2D eigenvalue weighted by atomic mass is 16.6. The normalized spacial score (nSPS) is 20.9. The molecular weight excluding hydrogens is 448 g/mol. The van der Waals surface area contributed by atoms with Gasteiger partial charge >= 0.3 is 6.09 Å². The average Bonchev–Trinajstić information content (AvgIpc) is 3.23. The molecule has 4 heterocycles. The SMILES string of the molecule is CC(C)C1CN(C(=O)OC(C)(C)C)C[C@H]1Nc1cc(-c2cnc(N)nc2)nc(N2CCOCC2)n1. The average molecular weight is 485 g/mol. The van der Waals surface area contributed by atoms with Gasteiger partial charge in [-0.05, 0) is 26.7 Å². The number of carbonyl (C=O) groups is 1. The molecule has 0 saturated carbocycles. The first-order chi connectivity index (χ1) is 16.6. The van der Waals surface area contributed by atoms with Crippen molar-refractivity contribution in [2.24, 2.45) is 11.8 Å². The molecule has 1 amide bonds. The molecule has 0 spiro atoms. The van der Waals surface area contributed by atoms with E-state index in [2.05, 4.69) is 34.0 Å². The Morgan fingerprint density at radius 2 is 1.86 bits per heavy atom. The molecule has 4 rings (SSSR count). The number of aromatic nitrogens is 4. The summed E-state index contributed by atoms with van der Waals surface area (Å²) in [6, 6.07) is 1.91. The fraction of sp³-hybridized carbons (Fsp3) is 0.625. The molecule has 2 aliphatic rings. The fourth-order valence-electron chi connectivity index (χ4n) is 4.35. The van der Waals surface area contributed by atoms with Crippen molar-refractivity contribution in [1.82, 2.24) is 24.8 Å². The van der Waals surface area contributed by atoms with Gasteiger partial charge in [0.1, 0.15) is 11.4 Å². The molecule has 2 saturated heterocycles. The van der Waals surface area contributed by atoms with Crippen LogP contribution in [-0.2, 0) is 9.47 Å². The predicted molar refractivity (Wildman–Crippen MR) is 134 cm³/mol. The zero-order valence-corrected chi connectivity index (χ0v) is 21.2. The van der Waals surface area contributed by atoms with Crippen LogP contribution in [0.25, 0.3) is 11.3 Å². The van der Waals surface area contributed by atoms with Crippen molar-refractivity contribution in [2.45, 2.75) is 46.3 Å². The van der Waals surface area contributed by atoms with Crippen LogP contribution in [0.2, 0.25) is 0 Å². The smallest absolute Gasteiger partial charge is 0.410 e. The molecule has 3 N–H and O–H groups in total. The van der Waals surface area contributed by atoms with Crippen LogP contribution in [0, 0.1) is 11.8 Å². The third-order valence-corrected chi connectivity index (χ3v) is 6.18. The molecule has 2 aromatic rings. The number of hydrogen-bond acceptors (Lipinski definition) is 10. The van der Waals surface area contributed by atoms with Crippen LogP contribution >= 0.6 is 0 Å². The highest BCUT2D eigenvalue weighted by Crippen LogP contribution is 2.30. The third kappa shape index (κ3) is 6.27. The fourth-order valence-corrected chi connectivity index (χ4v) is 4.35. The Labute approximate surface area is 206 Å². The van der Waals surface area contributed by atoms with Gasteiger partial charge in [0.15, 0.2) is 0 Å². The van der Waals surface area contributed by atoms with E-state index in [0.29, 0.717) is 62.8 Å². The van der Waals surface area contributed by atoms with Gasteiger partial charge in [-0.15, -0.1) is 0 Å². The second kappa shape index (κ2) is 10.2. The minimum Gasteiger partial charge on any atom is -0.444 e. The van der Waals surface area contributed by atoms with Crippen LogP contribution in [0.1, 0.15) is 34.6 Å². The van der Waals surface area contributed by atoms with E-state index in [1.165, 1.54) is 0 Å². The molecule has 0 radical (unpaired) electrons. The monoisotopic (exact) mass is 484 g/mol. The number of carbonyl (C=O) groups excluding carboxylic acids is 1. The molecule has 11 nitrogen and oxygen atoms in total. The number of anilines is 3. The van der Waals surface area contributed by atoms with E-state index in [1.807, 2.05) is 26.8 Å². The number of morpholine rings is 1. The lowest BCUT2D eigenvalue weighted by molar-refractivity contribution is 0.0284. The van der Waals surface area contributed by atoms with E-state index in [9.17, 15) is 4.79 Å². The lowest BCUT2D eigenvalue weighted by Crippen LogP contribution is -2.38. The quantitative estimate of drug-likeness (QED) is 0.653. The predicted octanol–water partition coefficient (Wildman–Crippen LogP) is 2.66. The maximum Gasteiger partial charge on any atom is 0.410 e. The molecule has 1 unspecified atom stereocenters. The number of amides is 1. The number of nitrogens with one attached hydrogen (secondary N) is 1. The van der Waals surface area contributed by atoms with Crippen molar-refractivity contribution >= 4 is 23.8 Å². The molecule has 0 aromatic carbocycles. The van der Waals surface area contributed by atoms with Crippen LogP contribution in [0.5, 0.6) is 0 Å². The Hall–Kier alpha value is -3.21. The van der Waals surface area contributed by atoms with E-state index in [-0.39, 0.29) is 24.0 Å². The lowest BCUT2D eigenvalue weighted by atomic mass is 9.91. The highest BCUT2D eigenvalue weighted by Gasteiger charge is 2.39. The number of nitrogens with two attached hydrogens (primary N) is 1. The van der Waals surface area contributed by atoms with E-state index in [1.54, 1.807) is 17.3 Å². The van der Waals surface area contributed by atoms with Crippen LogP contribution in [0.4, 0.5) is 22.5 Å². The molecular formula is C24H36N8O3. The van der Waals surface area contributed by atoms with E-state index < -0.39 is 5.60 Å². The Morgan fingerprint density at radius 1 is 1.17 bits per heavy atom. The van der Waals surface area contributed by atoms with Gasteiger partial charge in [-0.2, -0.15) is 4.98 Å². The zero-order chi connectivity index (χ0) is 25.2. The van der Waals surface area contributed by atoms with Crippen molar-refractivity contribution < 1.29 is 14.3 Å².